The number of hydrogen-bond donors (Lipinski definition) is 2. The first kappa shape index (κ1) is 16.5. The number of nitrogens with one attached hydrogen (secondary N) is 1. The number of hydrogen-bond acceptors (Lipinski definition) is 2. The van der Waals surface area contributed by atoms with Crippen LogP contribution in [0.2, 0.25) is 0 Å². The Labute approximate surface area is 137 Å². The highest BCUT2D eigenvalue weighted by Crippen LogP contribution is 2.32. The highest BCUT2D eigenvalue weighted by Gasteiger charge is 2.45. The van der Waals surface area contributed by atoms with Gasteiger partial charge in [-0.15, -0.1) is 12.4 Å². The number of aryl methyl sites for hydroxylation is 1. The van der Waals surface area contributed by atoms with E-state index in [1.165, 1.54) is 16.7 Å². The second kappa shape index (κ2) is 6.51. The molecule has 2 aromatic rings. The Hall–Kier alpha value is -1.84. The van der Waals surface area contributed by atoms with Gasteiger partial charge in [0.25, 0.3) is 0 Å². The summed E-state index contributed by atoms with van der Waals surface area (Å²) in [5.74, 6) is -0.0368. The highest BCUT2D eigenvalue weighted by molar-refractivity contribution is 5.88. The summed E-state index contributed by atoms with van der Waals surface area (Å²) in [5, 5.41) is 2.91. The van der Waals surface area contributed by atoms with Gasteiger partial charge in [0.05, 0.1) is 5.54 Å². The van der Waals surface area contributed by atoms with Crippen molar-refractivity contribution in [2.24, 2.45) is 5.73 Å². The van der Waals surface area contributed by atoms with Crippen molar-refractivity contribution in [3.63, 3.8) is 0 Å². The van der Waals surface area contributed by atoms with Gasteiger partial charge in [0.15, 0.2) is 0 Å². The summed E-state index contributed by atoms with van der Waals surface area (Å²) < 4.78 is 0. The van der Waals surface area contributed by atoms with E-state index >= 15 is 0 Å². The molecule has 0 heterocycles. The zero-order chi connectivity index (χ0) is 14.9. The second-order valence-electron chi connectivity index (χ2n) is 5.91. The van der Waals surface area contributed by atoms with Crippen molar-refractivity contribution < 1.29 is 4.79 Å². The quantitative estimate of drug-likeness (QED) is 0.910. The van der Waals surface area contributed by atoms with E-state index in [2.05, 4.69) is 48.6 Å². The number of amides is 1. The molecular weight excluding hydrogens is 296 g/mol. The molecule has 0 atom stereocenters. The molecule has 4 heteroatoms. The maximum atomic E-state index is 11.8. The van der Waals surface area contributed by atoms with Gasteiger partial charge in [-0.3, -0.25) is 4.79 Å². The van der Waals surface area contributed by atoms with Gasteiger partial charge >= 0.3 is 0 Å². The van der Waals surface area contributed by atoms with E-state index in [1.807, 2.05) is 12.1 Å². The topological polar surface area (TPSA) is 55.1 Å². The van der Waals surface area contributed by atoms with Crippen molar-refractivity contribution in [3.05, 3.63) is 59.7 Å². The number of rotatable bonds is 4. The fourth-order valence-electron chi connectivity index (χ4n) is 2.36. The number of carbonyl (C=O) groups is 1. The Morgan fingerprint density at radius 1 is 1.14 bits per heavy atom. The average Bonchev–Trinajstić information content (AvgIpc) is 3.24. The van der Waals surface area contributed by atoms with Gasteiger partial charge in [-0.25, -0.2) is 0 Å². The zero-order valence-corrected chi connectivity index (χ0v) is 13.5. The molecule has 0 saturated heterocycles. The molecule has 22 heavy (non-hydrogen) atoms. The SMILES string of the molecule is Cc1cccc(-c2ccc(CNC(=O)C3(N)CC3)cc2)c1.Cl. The summed E-state index contributed by atoms with van der Waals surface area (Å²) in [6.45, 7) is 2.62. The molecule has 1 aliphatic rings. The van der Waals surface area contributed by atoms with Crippen molar-refractivity contribution in [2.75, 3.05) is 0 Å². The van der Waals surface area contributed by atoms with Crippen LogP contribution < -0.4 is 11.1 Å². The van der Waals surface area contributed by atoms with Crippen molar-refractivity contribution >= 4 is 18.3 Å². The van der Waals surface area contributed by atoms with Crippen LogP contribution >= 0.6 is 12.4 Å². The molecule has 2 aromatic carbocycles. The van der Waals surface area contributed by atoms with E-state index < -0.39 is 5.54 Å². The van der Waals surface area contributed by atoms with Crippen LogP contribution in [0.25, 0.3) is 11.1 Å². The van der Waals surface area contributed by atoms with Crippen molar-refractivity contribution in [1.29, 1.82) is 0 Å². The summed E-state index contributed by atoms with van der Waals surface area (Å²) in [5.41, 5.74) is 10.00. The normalized spacial score (nSPS) is 14.8. The molecule has 1 aliphatic carbocycles. The third-order valence-corrected chi connectivity index (χ3v) is 4.00. The minimum atomic E-state index is -0.596. The highest BCUT2D eigenvalue weighted by atomic mass is 35.5. The van der Waals surface area contributed by atoms with Gasteiger partial charge in [-0.1, -0.05) is 54.1 Å². The zero-order valence-electron chi connectivity index (χ0n) is 12.6. The number of nitrogens with two attached hydrogens (primary N) is 1. The van der Waals surface area contributed by atoms with Crippen molar-refractivity contribution in [2.45, 2.75) is 31.8 Å². The first-order valence-corrected chi connectivity index (χ1v) is 7.30. The minimum Gasteiger partial charge on any atom is -0.350 e. The first-order valence-electron chi connectivity index (χ1n) is 7.30. The summed E-state index contributed by atoms with van der Waals surface area (Å²) in [7, 11) is 0. The van der Waals surface area contributed by atoms with Crippen LogP contribution in [0.4, 0.5) is 0 Å². The van der Waals surface area contributed by atoms with E-state index in [0.29, 0.717) is 6.54 Å². The van der Waals surface area contributed by atoms with Crippen LogP contribution in [0.1, 0.15) is 24.0 Å². The molecule has 0 unspecified atom stereocenters. The van der Waals surface area contributed by atoms with Crippen LogP contribution in [0.3, 0.4) is 0 Å². The molecule has 0 aromatic heterocycles. The predicted octanol–water partition coefficient (Wildman–Crippen LogP) is 3.19. The molecule has 3 nitrogen and oxygen atoms in total. The molecule has 0 bridgehead atoms. The van der Waals surface area contributed by atoms with Gasteiger partial charge < -0.3 is 11.1 Å². The predicted molar refractivity (Wildman–Crippen MR) is 91.9 cm³/mol. The van der Waals surface area contributed by atoms with Crippen molar-refractivity contribution in [1.82, 2.24) is 5.32 Å². The van der Waals surface area contributed by atoms with E-state index in [9.17, 15) is 4.79 Å². The Kier molecular flexibility index (Phi) is 4.89. The lowest BCUT2D eigenvalue weighted by atomic mass is 10.0. The summed E-state index contributed by atoms with van der Waals surface area (Å²) in [6, 6.07) is 16.7. The lowest BCUT2D eigenvalue weighted by Gasteiger charge is -2.10. The van der Waals surface area contributed by atoms with Gasteiger partial charge in [0.1, 0.15) is 0 Å². The standard InChI is InChI=1S/C18H20N2O.ClH/c1-13-3-2-4-16(11-13)15-7-5-14(6-8-15)12-20-17(21)18(19)9-10-18;/h2-8,11H,9-10,12,19H2,1H3,(H,20,21);1H. The summed E-state index contributed by atoms with van der Waals surface area (Å²) in [4.78, 5) is 11.8. The number of halogens is 1. The summed E-state index contributed by atoms with van der Waals surface area (Å²) in [6.07, 6.45) is 1.59. The third kappa shape index (κ3) is 3.67. The third-order valence-electron chi connectivity index (χ3n) is 4.00. The molecule has 1 saturated carbocycles. The summed E-state index contributed by atoms with van der Waals surface area (Å²) >= 11 is 0. The van der Waals surface area contributed by atoms with Crippen molar-refractivity contribution in [3.8, 4) is 11.1 Å². The first-order chi connectivity index (χ1) is 10.1. The van der Waals surface area contributed by atoms with Crippen LogP contribution in [-0.2, 0) is 11.3 Å². The minimum absolute atomic E-state index is 0. The molecule has 0 spiro atoms. The van der Waals surface area contributed by atoms with Gasteiger partial charge in [0, 0.05) is 6.54 Å². The maximum Gasteiger partial charge on any atom is 0.240 e. The molecule has 3 N–H and O–H groups in total. The molecule has 0 aliphatic heterocycles. The van der Waals surface area contributed by atoms with Gasteiger partial charge in [-0.2, -0.15) is 0 Å². The number of carbonyl (C=O) groups excluding carboxylic acids is 1. The second-order valence-corrected chi connectivity index (χ2v) is 5.91. The van der Waals surface area contributed by atoms with Crippen LogP contribution in [0, 0.1) is 6.92 Å². The fraction of sp³-hybridized carbons (Fsp3) is 0.278. The Morgan fingerprint density at radius 2 is 1.82 bits per heavy atom. The molecule has 116 valence electrons. The van der Waals surface area contributed by atoms with Gasteiger partial charge in [0.2, 0.25) is 5.91 Å². The monoisotopic (exact) mass is 316 g/mol. The Bertz CT molecular complexity index is 663. The van der Waals surface area contributed by atoms with E-state index in [4.69, 9.17) is 5.73 Å². The smallest absolute Gasteiger partial charge is 0.240 e. The molecule has 1 amide bonds. The lowest BCUT2D eigenvalue weighted by molar-refractivity contribution is -0.123. The van der Waals surface area contributed by atoms with E-state index in [0.717, 1.165) is 18.4 Å². The molecule has 0 radical (unpaired) electrons. The Morgan fingerprint density at radius 3 is 2.41 bits per heavy atom. The lowest BCUT2D eigenvalue weighted by Crippen LogP contribution is -2.42. The largest absolute Gasteiger partial charge is 0.350 e. The fourth-order valence-corrected chi connectivity index (χ4v) is 2.36. The van der Waals surface area contributed by atoms with Crippen LogP contribution in [-0.4, -0.2) is 11.4 Å². The van der Waals surface area contributed by atoms with Crippen LogP contribution in [0.15, 0.2) is 48.5 Å². The van der Waals surface area contributed by atoms with Crippen LogP contribution in [0.5, 0.6) is 0 Å². The molecule has 1 fully saturated rings. The van der Waals surface area contributed by atoms with Gasteiger partial charge in [-0.05, 0) is 36.5 Å². The maximum absolute atomic E-state index is 11.8. The number of benzene rings is 2. The Balaban J connectivity index is 0.00000176. The average molecular weight is 317 g/mol. The molecular formula is C18H21ClN2O. The molecule has 3 rings (SSSR count). The van der Waals surface area contributed by atoms with E-state index in [-0.39, 0.29) is 18.3 Å². The van der Waals surface area contributed by atoms with E-state index in [1.54, 1.807) is 0 Å².